The minimum Gasteiger partial charge on any atom is -0.299 e. The van der Waals surface area contributed by atoms with Crippen molar-refractivity contribution in [1.29, 1.82) is 0 Å². The standard InChI is InChI=1S/C12H14O/c1-9-7-10(2)12(5-4-6-13)11(3)8-9/h4-8H,1-3H3/b5-4+. The van der Waals surface area contributed by atoms with Crippen LogP contribution in [-0.2, 0) is 4.79 Å². The third kappa shape index (κ3) is 2.28. The topological polar surface area (TPSA) is 17.1 Å². The van der Waals surface area contributed by atoms with Crippen LogP contribution in [0.4, 0.5) is 0 Å². The first-order valence-electron chi connectivity index (χ1n) is 4.35. The van der Waals surface area contributed by atoms with Crippen molar-refractivity contribution in [3.63, 3.8) is 0 Å². The highest BCUT2D eigenvalue weighted by Crippen LogP contribution is 2.17. The third-order valence-corrected chi connectivity index (χ3v) is 2.08. The molecule has 0 spiro atoms. The minimum atomic E-state index is 0.804. The number of allylic oxidation sites excluding steroid dienone is 1. The molecule has 13 heavy (non-hydrogen) atoms. The van der Waals surface area contributed by atoms with Gasteiger partial charge >= 0.3 is 0 Å². The van der Waals surface area contributed by atoms with E-state index in [0.717, 1.165) is 11.8 Å². The Kier molecular flexibility index (Phi) is 3.02. The van der Waals surface area contributed by atoms with Gasteiger partial charge in [0.1, 0.15) is 6.29 Å². The molecular weight excluding hydrogens is 160 g/mol. The van der Waals surface area contributed by atoms with Crippen LogP contribution in [0.2, 0.25) is 0 Å². The summed E-state index contributed by atoms with van der Waals surface area (Å²) in [5.74, 6) is 0. The Morgan fingerprint density at radius 1 is 1.08 bits per heavy atom. The van der Waals surface area contributed by atoms with Gasteiger partial charge in [0.2, 0.25) is 0 Å². The molecule has 0 N–H and O–H groups in total. The molecule has 0 heterocycles. The summed E-state index contributed by atoms with van der Waals surface area (Å²) < 4.78 is 0. The van der Waals surface area contributed by atoms with Gasteiger partial charge in [-0.25, -0.2) is 0 Å². The number of benzene rings is 1. The number of carbonyl (C=O) groups excluding carboxylic acids is 1. The molecule has 1 aromatic rings. The normalized spacial score (nSPS) is 10.7. The smallest absolute Gasteiger partial charge is 0.142 e. The second kappa shape index (κ2) is 4.04. The van der Waals surface area contributed by atoms with Gasteiger partial charge in [0.25, 0.3) is 0 Å². The molecule has 0 atom stereocenters. The summed E-state index contributed by atoms with van der Waals surface area (Å²) in [6.45, 7) is 6.20. The van der Waals surface area contributed by atoms with Gasteiger partial charge < -0.3 is 0 Å². The van der Waals surface area contributed by atoms with E-state index in [1.165, 1.54) is 22.8 Å². The Morgan fingerprint density at radius 2 is 1.62 bits per heavy atom. The number of aldehydes is 1. The van der Waals surface area contributed by atoms with Crippen LogP contribution in [0.15, 0.2) is 18.2 Å². The average molecular weight is 174 g/mol. The summed E-state index contributed by atoms with van der Waals surface area (Å²) in [6.07, 6.45) is 4.19. The molecule has 0 saturated heterocycles. The highest BCUT2D eigenvalue weighted by atomic mass is 16.1. The lowest BCUT2D eigenvalue weighted by atomic mass is 10.00. The number of rotatable bonds is 2. The molecule has 1 heteroatoms. The lowest BCUT2D eigenvalue weighted by Crippen LogP contribution is -1.88. The van der Waals surface area contributed by atoms with E-state index >= 15 is 0 Å². The summed E-state index contributed by atoms with van der Waals surface area (Å²) in [5.41, 5.74) is 4.85. The zero-order valence-corrected chi connectivity index (χ0v) is 8.29. The first kappa shape index (κ1) is 9.72. The Labute approximate surface area is 79.1 Å². The van der Waals surface area contributed by atoms with Crippen LogP contribution in [-0.4, -0.2) is 6.29 Å². The molecule has 0 radical (unpaired) electrons. The zero-order valence-electron chi connectivity index (χ0n) is 8.29. The maximum atomic E-state index is 10.2. The van der Waals surface area contributed by atoms with E-state index in [1.807, 2.05) is 6.08 Å². The molecule has 1 aromatic carbocycles. The quantitative estimate of drug-likeness (QED) is 0.497. The van der Waals surface area contributed by atoms with Crippen molar-refractivity contribution in [3.8, 4) is 0 Å². The predicted molar refractivity (Wildman–Crippen MR) is 55.8 cm³/mol. The lowest BCUT2D eigenvalue weighted by Gasteiger charge is -2.06. The van der Waals surface area contributed by atoms with Gasteiger partial charge in [0.05, 0.1) is 0 Å². The van der Waals surface area contributed by atoms with Crippen molar-refractivity contribution in [2.24, 2.45) is 0 Å². The summed E-state index contributed by atoms with van der Waals surface area (Å²) in [5, 5.41) is 0. The summed E-state index contributed by atoms with van der Waals surface area (Å²) in [6, 6.07) is 4.24. The Balaban J connectivity index is 3.20. The summed E-state index contributed by atoms with van der Waals surface area (Å²) in [7, 11) is 0. The van der Waals surface area contributed by atoms with Crippen LogP contribution in [0, 0.1) is 20.8 Å². The molecule has 0 bridgehead atoms. The third-order valence-electron chi connectivity index (χ3n) is 2.08. The lowest BCUT2D eigenvalue weighted by molar-refractivity contribution is -0.104. The number of hydrogen-bond donors (Lipinski definition) is 0. The maximum Gasteiger partial charge on any atom is 0.142 e. The average Bonchev–Trinajstić information content (AvgIpc) is 2.02. The van der Waals surface area contributed by atoms with E-state index in [9.17, 15) is 4.79 Å². The second-order valence-corrected chi connectivity index (χ2v) is 3.31. The van der Waals surface area contributed by atoms with Crippen molar-refractivity contribution in [2.45, 2.75) is 20.8 Å². The molecule has 0 amide bonds. The Morgan fingerprint density at radius 3 is 2.08 bits per heavy atom. The predicted octanol–water partition coefficient (Wildman–Crippen LogP) is 2.82. The van der Waals surface area contributed by atoms with Gasteiger partial charge in [-0.1, -0.05) is 23.8 Å². The van der Waals surface area contributed by atoms with Crippen LogP contribution in [0.5, 0.6) is 0 Å². The van der Waals surface area contributed by atoms with Crippen molar-refractivity contribution in [2.75, 3.05) is 0 Å². The molecule has 1 rings (SSSR count). The van der Waals surface area contributed by atoms with Crippen LogP contribution in [0.25, 0.3) is 6.08 Å². The van der Waals surface area contributed by atoms with E-state index in [4.69, 9.17) is 0 Å². The molecule has 0 saturated carbocycles. The van der Waals surface area contributed by atoms with E-state index < -0.39 is 0 Å². The van der Waals surface area contributed by atoms with E-state index in [1.54, 1.807) is 0 Å². The van der Waals surface area contributed by atoms with Gasteiger partial charge in [-0.15, -0.1) is 0 Å². The minimum absolute atomic E-state index is 0.804. The highest BCUT2D eigenvalue weighted by molar-refractivity contribution is 5.75. The van der Waals surface area contributed by atoms with Crippen LogP contribution >= 0.6 is 0 Å². The number of hydrogen-bond acceptors (Lipinski definition) is 1. The van der Waals surface area contributed by atoms with Crippen molar-refractivity contribution < 1.29 is 4.79 Å². The van der Waals surface area contributed by atoms with E-state index in [2.05, 4.69) is 32.9 Å². The number of aryl methyl sites for hydroxylation is 3. The zero-order chi connectivity index (χ0) is 9.84. The largest absolute Gasteiger partial charge is 0.299 e. The molecule has 0 unspecified atom stereocenters. The molecule has 0 aliphatic heterocycles. The van der Waals surface area contributed by atoms with Gasteiger partial charge in [-0.3, -0.25) is 4.79 Å². The van der Waals surface area contributed by atoms with E-state index in [-0.39, 0.29) is 0 Å². The van der Waals surface area contributed by atoms with Gasteiger partial charge in [0, 0.05) is 0 Å². The molecule has 68 valence electrons. The Hall–Kier alpha value is -1.37. The first-order valence-corrected chi connectivity index (χ1v) is 4.35. The molecule has 0 aliphatic rings. The SMILES string of the molecule is Cc1cc(C)c(/C=C/C=O)c(C)c1. The van der Waals surface area contributed by atoms with Crippen molar-refractivity contribution >= 4 is 12.4 Å². The molecule has 1 nitrogen and oxygen atoms in total. The van der Waals surface area contributed by atoms with E-state index in [0.29, 0.717) is 0 Å². The fraction of sp³-hybridized carbons (Fsp3) is 0.250. The van der Waals surface area contributed by atoms with Crippen LogP contribution in [0.1, 0.15) is 22.3 Å². The van der Waals surface area contributed by atoms with Crippen molar-refractivity contribution in [1.82, 2.24) is 0 Å². The summed E-state index contributed by atoms with van der Waals surface area (Å²) in [4.78, 5) is 10.2. The van der Waals surface area contributed by atoms with Gasteiger partial charge in [-0.05, 0) is 43.5 Å². The maximum absolute atomic E-state index is 10.2. The van der Waals surface area contributed by atoms with Crippen LogP contribution in [0.3, 0.4) is 0 Å². The van der Waals surface area contributed by atoms with Gasteiger partial charge in [-0.2, -0.15) is 0 Å². The first-order chi connectivity index (χ1) is 6.15. The molecule has 0 aliphatic carbocycles. The molecule has 0 aromatic heterocycles. The van der Waals surface area contributed by atoms with Gasteiger partial charge in [0.15, 0.2) is 0 Å². The highest BCUT2D eigenvalue weighted by Gasteiger charge is 1.99. The fourth-order valence-corrected chi connectivity index (χ4v) is 1.59. The number of carbonyl (C=O) groups is 1. The molecular formula is C12H14O. The monoisotopic (exact) mass is 174 g/mol. The molecule has 0 fully saturated rings. The van der Waals surface area contributed by atoms with Crippen LogP contribution < -0.4 is 0 Å². The van der Waals surface area contributed by atoms with Crippen molar-refractivity contribution in [3.05, 3.63) is 40.5 Å². The second-order valence-electron chi connectivity index (χ2n) is 3.31. The fourth-order valence-electron chi connectivity index (χ4n) is 1.59. The summed E-state index contributed by atoms with van der Waals surface area (Å²) >= 11 is 0. The Bertz CT molecular complexity index is 325.